The fourth-order valence-corrected chi connectivity index (χ4v) is 3.22. The van der Waals surface area contributed by atoms with Gasteiger partial charge in [-0.25, -0.2) is 4.39 Å². The molecule has 1 saturated heterocycles. The topological polar surface area (TPSA) is 49.3 Å². The summed E-state index contributed by atoms with van der Waals surface area (Å²) in [5, 5.41) is 12.2. The van der Waals surface area contributed by atoms with Crippen molar-refractivity contribution >= 4 is 17.7 Å². The van der Waals surface area contributed by atoms with Gasteiger partial charge in [-0.05, 0) is 42.4 Å². The molecule has 1 aromatic carbocycles. The molecule has 0 saturated carbocycles. The molecule has 0 atom stereocenters. The van der Waals surface area contributed by atoms with Crippen LogP contribution in [0.5, 0.6) is 5.75 Å². The van der Waals surface area contributed by atoms with Gasteiger partial charge in [-0.1, -0.05) is 6.07 Å². The number of amides is 1. The Morgan fingerprint density at radius 3 is 2.83 bits per heavy atom. The van der Waals surface area contributed by atoms with Crippen molar-refractivity contribution in [3.8, 4) is 5.75 Å². The van der Waals surface area contributed by atoms with Crippen molar-refractivity contribution in [2.24, 2.45) is 5.92 Å². The molecule has 2 rings (SSSR count). The number of carbonyl (C=O) groups is 1. The summed E-state index contributed by atoms with van der Waals surface area (Å²) in [6.45, 7) is 0.549. The van der Waals surface area contributed by atoms with Gasteiger partial charge in [0.2, 0.25) is 0 Å². The fourth-order valence-electron chi connectivity index (χ4n) is 2.01. The summed E-state index contributed by atoms with van der Waals surface area (Å²) in [5.74, 6) is 1.16. The molecule has 2 N–H and O–H groups in total. The lowest BCUT2D eigenvalue weighted by atomic mass is 10.0. The van der Waals surface area contributed by atoms with Crippen molar-refractivity contribution in [1.82, 2.24) is 5.32 Å². The number of halogens is 1. The summed E-state index contributed by atoms with van der Waals surface area (Å²) >= 11 is 1.92. The van der Waals surface area contributed by atoms with E-state index in [1.807, 2.05) is 11.8 Å². The Kier molecular flexibility index (Phi) is 4.47. The van der Waals surface area contributed by atoms with E-state index in [9.17, 15) is 14.3 Å². The molecule has 1 aromatic rings. The third-order valence-corrected chi connectivity index (χ3v) is 4.16. The van der Waals surface area contributed by atoms with Crippen molar-refractivity contribution in [1.29, 1.82) is 0 Å². The molecule has 98 valence electrons. The van der Waals surface area contributed by atoms with Crippen LogP contribution in [0, 0.1) is 11.7 Å². The van der Waals surface area contributed by atoms with Gasteiger partial charge in [0, 0.05) is 6.54 Å². The largest absolute Gasteiger partial charge is 0.507 e. The van der Waals surface area contributed by atoms with Crippen molar-refractivity contribution in [2.45, 2.75) is 12.8 Å². The average Bonchev–Trinajstić information content (AvgIpc) is 2.37. The first kappa shape index (κ1) is 13.2. The number of hydrogen-bond acceptors (Lipinski definition) is 3. The summed E-state index contributed by atoms with van der Waals surface area (Å²) in [7, 11) is 0. The lowest BCUT2D eigenvalue weighted by molar-refractivity contribution is 0.0939. The van der Waals surface area contributed by atoms with E-state index < -0.39 is 11.7 Å². The van der Waals surface area contributed by atoms with Gasteiger partial charge in [-0.3, -0.25) is 4.79 Å². The standard InChI is InChI=1S/C13H16FNO2S/c14-10-2-1-3-11(16)12(10)13(17)15-8-9-4-6-18-7-5-9/h1-3,9,16H,4-8H2,(H,15,17). The summed E-state index contributed by atoms with van der Waals surface area (Å²) < 4.78 is 13.4. The smallest absolute Gasteiger partial charge is 0.258 e. The van der Waals surface area contributed by atoms with Gasteiger partial charge in [0.05, 0.1) is 0 Å². The minimum absolute atomic E-state index is 0.261. The molecule has 5 heteroatoms. The highest BCUT2D eigenvalue weighted by atomic mass is 32.2. The number of phenols is 1. The first-order valence-electron chi connectivity index (χ1n) is 6.02. The van der Waals surface area contributed by atoms with Crippen LogP contribution < -0.4 is 5.32 Å². The molecule has 0 aliphatic carbocycles. The Balaban J connectivity index is 1.95. The average molecular weight is 269 g/mol. The van der Waals surface area contributed by atoms with E-state index in [2.05, 4.69) is 5.32 Å². The molecule has 0 aromatic heterocycles. The van der Waals surface area contributed by atoms with E-state index in [4.69, 9.17) is 0 Å². The van der Waals surface area contributed by atoms with Crippen LogP contribution in [0.25, 0.3) is 0 Å². The molecule has 1 aliphatic rings. The number of carbonyl (C=O) groups excluding carboxylic acids is 1. The van der Waals surface area contributed by atoms with Gasteiger partial charge in [0.15, 0.2) is 0 Å². The Hall–Kier alpha value is -1.23. The Bertz CT molecular complexity index is 413. The molecule has 1 heterocycles. The van der Waals surface area contributed by atoms with Gasteiger partial charge in [-0.2, -0.15) is 11.8 Å². The maximum absolute atomic E-state index is 13.4. The molecule has 0 bridgehead atoms. The first-order chi connectivity index (χ1) is 8.68. The van der Waals surface area contributed by atoms with Crippen molar-refractivity contribution in [3.05, 3.63) is 29.6 Å². The molecule has 0 radical (unpaired) electrons. The lowest BCUT2D eigenvalue weighted by Crippen LogP contribution is -2.31. The fraction of sp³-hybridized carbons (Fsp3) is 0.462. The number of thioether (sulfide) groups is 1. The van der Waals surface area contributed by atoms with Crippen LogP contribution in [0.1, 0.15) is 23.2 Å². The Morgan fingerprint density at radius 1 is 1.44 bits per heavy atom. The Labute approximate surface area is 110 Å². The predicted molar refractivity (Wildman–Crippen MR) is 70.4 cm³/mol. The maximum Gasteiger partial charge on any atom is 0.258 e. The third-order valence-electron chi connectivity index (χ3n) is 3.11. The summed E-state index contributed by atoms with van der Waals surface area (Å²) in [6.07, 6.45) is 2.16. The molecule has 1 aliphatic heterocycles. The normalized spacial score (nSPS) is 16.5. The second kappa shape index (κ2) is 6.09. The number of hydrogen-bond donors (Lipinski definition) is 2. The van der Waals surface area contributed by atoms with Gasteiger partial charge in [0.25, 0.3) is 5.91 Å². The zero-order valence-corrected chi connectivity index (χ0v) is 10.8. The molecular formula is C13H16FNO2S. The second-order valence-corrected chi connectivity index (χ2v) is 5.62. The first-order valence-corrected chi connectivity index (χ1v) is 7.17. The molecule has 0 unspecified atom stereocenters. The summed E-state index contributed by atoms with van der Waals surface area (Å²) in [6, 6.07) is 3.86. The zero-order valence-electron chi connectivity index (χ0n) is 9.99. The monoisotopic (exact) mass is 269 g/mol. The molecule has 3 nitrogen and oxygen atoms in total. The van der Waals surface area contributed by atoms with Crippen molar-refractivity contribution < 1.29 is 14.3 Å². The summed E-state index contributed by atoms with van der Waals surface area (Å²) in [5.41, 5.74) is -0.261. The van der Waals surface area contributed by atoms with Gasteiger partial charge >= 0.3 is 0 Å². The Morgan fingerprint density at radius 2 is 2.17 bits per heavy atom. The number of nitrogens with one attached hydrogen (secondary N) is 1. The van der Waals surface area contributed by atoms with Crippen LogP contribution in [-0.2, 0) is 0 Å². The van der Waals surface area contributed by atoms with E-state index >= 15 is 0 Å². The van der Waals surface area contributed by atoms with Crippen LogP contribution in [0.4, 0.5) is 4.39 Å². The lowest BCUT2D eigenvalue weighted by Gasteiger charge is -2.21. The van der Waals surface area contributed by atoms with Crippen molar-refractivity contribution in [3.63, 3.8) is 0 Å². The zero-order chi connectivity index (χ0) is 13.0. The maximum atomic E-state index is 13.4. The molecule has 18 heavy (non-hydrogen) atoms. The number of rotatable bonds is 3. The van der Waals surface area contributed by atoms with Crippen LogP contribution >= 0.6 is 11.8 Å². The van der Waals surface area contributed by atoms with Gasteiger partial charge in [0.1, 0.15) is 17.1 Å². The minimum atomic E-state index is -0.688. The minimum Gasteiger partial charge on any atom is -0.507 e. The third kappa shape index (κ3) is 3.16. The van der Waals surface area contributed by atoms with Gasteiger partial charge in [-0.15, -0.1) is 0 Å². The van der Waals surface area contributed by atoms with Crippen LogP contribution in [0.15, 0.2) is 18.2 Å². The second-order valence-electron chi connectivity index (χ2n) is 4.40. The quantitative estimate of drug-likeness (QED) is 0.886. The molecule has 1 amide bonds. The number of aromatic hydroxyl groups is 1. The van der Waals surface area contributed by atoms with Crippen LogP contribution in [0.3, 0.4) is 0 Å². The molecule has 0 spiro atoms. The van der Waals surface area contributed by atoms with Crippen LogP contribution in [-0.4, -0.2) is 29.1 Å². The van der Waals surface area contributed by atoms with Crippen molar-refractivity contribution in [2.75, 3.05) is 18.1 Å². The highest BCUT2D eigenvalue weighted by molar-refractivity contribution is 7.99. The predicted octanol–water partition coefficient (Wildman–Crippen LogP) is 2.40. The molecular weight excluding hydrogens is 253 g/mol. The SMILES string of the molecule is O=C(NCC1CCSCC1)c1c(O)cccc1F. The number of phenolic OH excluding ortho intramolecular Hbond substituents is 1. The molecule has 1 fully saturated rings. The summed E-state index contributed by atoms with van der Waals surface area (Å²) in [4.78, 5) is 11.8. The van der Waals surface area contributed by atoms with E-state index in [1.165, 1.54) is 18.2 Å². The van der Waals surface area contributed by atoms with E-state index in [-0.39, 0.29) is 11.3 Å². The van der Waals surface area contributed by atoms with Gasteiger partial charge < -0.3 is 10.4 Å². The van der Waals surface area contributed by atoms with E-state index in [0.29, 0.717) is 12.5 Å². The highest BCUT2D eigenvalue weighted by Crippen LogP contribution is 2.23. The van der Waals surface area contributed by atoms with E-state index in [0.717, 1.165) is 24.3 Å². The van der Waals surface area contributed by atoms with Crippen LogP contribution in [0.2, 0.25) is 0 Å². The number of benzene rings is 1. The van der Waals surface area contributed by atoms with E-state index in [1.54, 1.807) is 0 Å². The highest BCUT2D eigenvalue weighted by Gasteiger charge is 2.19.